The number of hydrogen-bond acceptors (Lipinski definition) is 4. The monoisotopic (exact) mass is 720 g/mol. The molecule has 0 fully saturated rings. The fourth-order valence-corrected chi connectivity index (χ4v) is 9.11. The molecule has 0 unspecified atom stereocenters. The highest BCUT2D eigenvalue weighted by Crippen LogP contribution is 2.42. The van der Waals surface area contributed by atoms with Crippen molar-refractivity contribution in [3.8, 4) is 33.7 Å². The zero-order valence-corrected chi connectivity index (χ0v) is 30.5. The molecule has 0 saturated heterocycles. The first-order valence-electron chi connectivity index (χ1n) is 18.5. The second kappa shape index (κ2) is 12.8. The van der Waals surface area contributed by atoms with Crippen molar-refractivity contribution in [3.05, 3.63) is 194 Å². The predicted molar refractivity (Wildman–Crippen MR) is 233 cm³/mol. The van der Waals surface area contributed by atoms with E-state index in [0.717, 1.165) is 55.6 Å². The van der Waals surface area contributed by atoms with Gasteiger partial charge in [-0.1, -0.05) is 133 Å². The van der Waals surface area contributed by atoms with Crippen LogP contribution in [0.1, 0.15) is 0 Å². The van der Waals surface area contributed by atoms with Crippen molar-refractivity contribution < 1.29 is 4.42 Å². The number of para-hydroxylation sites is 1. The van der Waals surface area contributed by atoms with Crippen molar-refractivity contribution in [1.29, 1.82) is 0 Å². The minimum absolute atomic E-state index is 0.630. The summed E-state index contributed by atoms with van der Waals surface area (Å²) in [6, 6.07) is 69.3. The Labute approximate surface area is 322 Å². The lowest BCUT2D eigenvalue weighted by Crippen LogP contribution is -2.09. The van der Waals surface area contributed by atoms with Crippen LogP contribution in [0.2, 0.25) is 0 Å². The molecule has 0 aliphatic carbocycles. The molecule has 2 aromatic heterocycles. The number of aromatic nitrogens is 1. The van der Waals surface area contributed by atoms with Gasteiger partial charge in [0, 0.05) is 48.4 Å². The third-order valence-electron chi connectivity index (χ3n) is 10.7. The maximum atomic E-state index is 6.58. The van der Waals surface area contributed by atoms with E-state index in [1.807, 2.05) is 17.4 Å². The van der Waals surface area contributed by atoms with E-state index in [0.29, 0.717) is 5.89 Å². The summed E-state index contributed by atoms with van der Waals surface area (Å²) in [5, 5.41) is 7.37. The molecule has 3 nitrogen and oxygen atoms in total. The van der Waals surface area contributed by atoms with Gasteiger partial charge in [0.2, 0.25) is 5.89 Å². The summed E-state index contributed by atoms with van der Waals surface area (Å²) in [7, 11) is 0. The van der Waals surface area contributed by atoms with Crippen molar-refractivity contribution in [2.75, 3.05) is 4.90 Å². The summed E-state index contributed by atoms with van der Waals surface area (Å²) >= 11 is 1.84. The van der Waals surface area contributed by atoms with Gasteiger partial charge in [-0.25, -0.2) is 4.98 Å². The zero-order chi connectivity index (χ0) is 36.3. The third-order valence-corrected chi connectivity index (χ3v) is 11.8. The first-order valence-corrected chi connectivity index (χ1v) is 19.3. The molecular weight excluding hydrogens is 689 g/mol. The van der Waals surface area contributed by atoms with Gasteiger partial charge >= 0.3 is 0 Å². The van der Waals surface area contributed by atoms with E-state index >= 15 is 0 Å². The molecule has 9 aromatic carbocycles. The second-order valence-electron chi connectivity index (χ2n) is 14.0. The highest BCUT2D eigenvalue weighted by molar-refractivity contribution is 7.25. The van der Waals surface area contributed by atoms with Gasteiger partial charge in [0.05, 0.1) is 0 Å². The molecule has 0 saturated carbocycles. The maximum Gasteiger partial charge on any atom is 0.227 e. The molecule has 0 N–H and O–H groups in total. The second-order valence-corrected chi connectivity index (χ2v) is 15.1. The van der Waals surface area contributed by atoms with Crippen LogP contribution in [0.3, 0.4) is 0 Å². The number of benzene rings is 9. The summed E-state index contributed by atoms with van der Waals surface area (Å²) in [5.41, 5.74) is 10.4. The lowest BCUT2D eigenvalue weighted by atomic mass is 10.0. The van der Waals surface area contributed by atoms with E-state index in [2.05, 4.69) is 193 Å². The topological polar surface area (TPSA) is 29.3 Å². The van der Waals surface area contributed by atoms with Crippen LogP contribution < -0.4 is 4.90 Å². The highest BCUT2D eigenvalue weighted by Gasteiger charge is 2.18. The molecule has 258 valence electrons. The Hall–Kier alpha value is -7.01. The number of hydrogen-bond donors (Lipinski definition) is 0. The third kappa shape index (κ3) is 5.46. The van der Waals surface area contributed by atoms with E-state index in [1.165, 1.54) is 42.1 Å². The molecule has 55 heavy (non-hydrogen) atoms. The Morgan fingerprint density at radius 1 is 0.400 bits per heavy atom. The van der Waals surface area contributed by atoms with Crippen LogP contribution in [0, 0.1) is 0 Å². The van der Waals surface area contributed by atoms with Gasteiger partial charge in [-0.2, -0.15) is 0 Å². The van der Waals surface area contributed by atoms with Crippen molar-refractivity contribution in [2.45, 2.75) is 0 Å². The summed E-state index contributed by atoms with van der Waals surface area (Å²) in [6.07, 6.45) is 0. The smallest absolute Gasteiger partial charge is 0.227 e. The standard InChI is InChI=1S/C51H32N2OS/c1-2-11-37-31-38(20-19-33(37)9-1)34-21-25-39(26-22-34)53(41-29-30-45-44-14-5-6-18-48(44)55-49(45)32-41)40-27-23-36(24-28-40)43-15-8-17-47-50(43)54-51(52-47)46-16-7-12-35-10-3-4-13-42(35)46/h1-32H. The largest absolute Gasteiger partial charge is 0.435 e. The van der Waals surface area contributed by atoms with Crippen LogP contribution in [-0.2, 0) is 0 Å². The Bertz CT molecular complexity index is 3210. The zero-order valence-electron chi connectivity index (χ0n) is 29.7. The van der Waals surface area contributed by atoms with Gasteiger partial charge < -0.3 is 9.32 Å². The van der Waals surface area contributed by atoms with Crippen molar-refractivity contribution in [2.24, 2.45) is 0 Å². The SMILES string of the molecule is c1ccc2cc(-c3ccc(N(c4ccc(-c5cccc6nc(-c7cccc8ccccc78)oc56)cc4)c4ccc5c(c4)sc4ccccc45)cc3)ccc2c1. The molecule has 0 bridgehead atoms. The molecule has 11 rings (SSSR count). The molecule has 0 spiro atoms. The molecule has 0 aliphatic heterocycles. The van der Waals surface area contributed by atoms with E-state index in [9.17, 15) is 0 Å². The minimum atomic E-state index is 0.630. The molecular formula is C51H32N2OS. The van der Waals surface area contributed by atoms with E-state index in [1.54, 1.807) is 0 Å². The lowest BCUT2D eigenvalue weighted by Gasteiger charge is -2.26. The van der Waals surface area contributed by atoms with Crippen LogP contribution in [0.15, 0.2) is 199 Å². The van der Waals surface area contributed by atoms with Gasteiger partial charge in [0.25, 0.3) is 0 Å². The number of rotatable bonds is 6. The van der Waals surface area contributed by atoms with Crippen LogP contribution in [0.4, 0.5) is 17.1 Å². The van der Waals surface area contributed by atoms with Crippen LogP contribution >= 0.6 is 11.3 Å². The molecule has 0 radical (unpaired) electrons. The van der Waals surface area contributed by atoms with Crippen LogP contribution in [0.25, 0.3) is 86.5 Å². The molecule has 0 atom stereocenters. The summed E-state index contributed by atoms with van der Waals surface area (Å²) in [6.45, 7) is 0. The summed E-state index contributed by atoms with van der Waals surface area (Å²) in [5.74, 6) is 0.630. The molecule has 0 amide bonds. The molecule has 0 aliphatic rings. The fraction of sp³-hybridized carbons (Fsp3) is 0. The quantitative estimate of drug-likeness (QED) is 0.171. The number of anilines is 3. The number of fused-ring (bicyclic) bond motifs is 6. The van der Waals surface area contributed by atoms with Crippen molar-refractivity contribution in [3.63, 3.8) is 0 Å². The Kier molecular flexibility index (Phi) is 7.35. The molecule has 11 aromatic rings. The average Bonchev–Trinajstić information content (AvgIpc) is 3.86. The first kappa shape index (κ1) is 31.5. The van der Waals surface area contributed by atoms with Gasteiger partial charge in [0.1, 0.15) is 5.52 Å². The minimum Gasteiger partial charge on any atom is -0.435 e. The van der Waals surface area contributed by atoms with Gasteiger partial charge in [-0.15, -0.1) is 11.3 Å². The van der Waals surface area contributed by atoms with E-state index < -0.39 is 0 Å². The normalized spacial score (nSPS) is 11.6. The number of thiophene rings is 1. The highest BCUT2D eigenvalue weighted by atomic mass is 32.1. The van der Waals surface area contributed by atoms with Gasteiger partial charge in [-0.3, -0.25) is 0 Å². The predicted octanol–water partition coefficient (Wildman–Crippen LogP) is 15.0. The summed E-state index contributed by atoms with van der Waals surface area (Å²) < 4.78 is 9.15. The van der Waals surface area contributed by atoms with Crippen LogP contribution in [0.5, 0.6) is 0 Å². The van der Waals surface area contributed by atoms with Crippen molar-refractivity contribution in [1.82, 2.24) is 4.98 Å². The average molecular weight is 721 g/mol. The molecule has 4 heteroatoms. The number of oxazole rings is 1. The van der Waals surface area contributed by atoms with E-state index in [-0.39, 0.29) is 0 Å². The maximum absolute atomic E-state index is 6.58. The molecule has 2 heterocycles. The lowest BCUT2D eigenvalue weighted by molar-refractivity contribution is 0.621. The Morgan fingerprint density at radius 3 is 1.85 bits per heavy atom. The fourth-order valence-electron chi connectivity index (χ4n) is 7.97. The Balaban J connectivity index is 0.996. The Morgan fingerprint density at radius 2 is 1.02 bits per heavy atom. The first-order chi connectivity index (χ1) is 27.2. The van der Waals surface area contributed by atoms with Gasteiger partial charge in [-0.05, 0) is 98.9 Å². The van der Waals surface area contributed by atoms with Gasteiger partial charge in [0.15, 0.2) is 5.58 Å². The van der Waals surface area contributed by atoms with Crippen LogP contribution in [-0.4, -0.2) is 4.98 Å². The van der Waals surface area contributed by atoms with E-state index in [4.69, 9.17) is 9.40 Å². The number of nitrogens with zero attached hydrogens (tertiary/aromatic N) is 2. The van der Waals surface area contributed by atoms with Crippen molar-refractivity contribution >= 4 is 81.2 Å². The summed E-state index contributed by atoms with van der Waals surface area (Å²) in [4.78, 5) is 7.31.